The molecule has 1 atom stereocenters. The lowest BCUT2D eigenvalue weighted by atomic mass is 9.96. The first kappa shape index (κ1) is 11.8. The van der Waals surface area contributed by atoms with Crippen molar-refractivity contribution in [3.8, 4) is 0 Å². The van der Waals surface area contributed by atoms with Crippen LogP contribution in [0, 0.1) is 12.8 Å². The summed E-state index contributed by atoms with van der Waals surface area (Å²) in [5.41, 5.74) is 0.470. The van der Waals surface area contributed by atoms with Crippen LogP contribution >= 0.6 is 0 Å². The molecule has 0 aromatic carbocycles. The fourth-order valence-corrected chi connectivity index (χ4v) is 3.49. The molecule has 1 unspecified atom stereocenters. The van der Waals surface area contributed by atoms with Crippen LogP contribution in [0.5, 0.6) is 0 Å². The molecule has 98 valence electrons. The zero-order valence-electron chi connectivity index (χ0n) is 10.9. The summed E-state index contributed by atoms with van der Waals surface area (Å²) in [6, 6.07) is 2.18. The third kappa shape index (κ3) is 2.04. The number of nitrogens with zero attached hydrogens (tertiary/aromatic N) is 2. The second-order valence-corrected chi connectivity index (χ2v) is 5.58. The summed E-state index contributed by atoms with van der Waals surface area (Å²) in [4.78, 5) is 14.5. The smallest absolute Gasteiger partial charge is 0.276 e. The van der Waals surface area contributed by atoms with E-state index in [1.165, 1.54) is 25.7 Å². The van der Waals surface area contributed by atoms with Gasteiger partial charge in [0.05, 0.1) is 0 Å². The van der Waals surface area contributed by atoms with E-state index in [2.05, 4.69) is 5.16 Å². The number of likely N-dealkylation sites (tertiary alicyclic amines) is 1. The number of aryl methyl sites for hydroxylation is 1. The number of aromatic nitrogens is 1. The van der Waals surface area contributed by atoms with Crippen molar-refractivity contribution in [2.45, 2.75) is 51.5 Å². The highest BCUT2D eigenvalue weighted by Crippen LogP contribution is 2.35. The van der Waals surface area contributed by atoms with Crippen LogP contribution in [0.2, 0.25) is 0 Å². The first-order valence-electron chi connectivity index (χ1n) is 7.00. The largest absolute Gasteiger partial charge is 0.361 e. The van der Waals surface area contributed by atoms with Gasteiger partial charge in [0.2, 0.25) is 0 Å². The van der Waals surface area contributed by atoms with Crippen molar-refractivity contribution in [2.75, 3.05) is 6.54 Å². The van der Waals surface area contributed by atoms with Crippen LogP contribution in [0.1, 0.15) is 54.8 Å². The van der Waals surface area contributed by atoms with Crippen molar-refractivity contribution in [1.82, 2.24) is 10.1 Å². The zero-order valence-corrected chi connectivity index (χ0v) is 10.9. The molecule has 1 aliphatic heterocycles. The van der Waals surface area contributed by atoms with Crippen LogP contribution in [-0.2, 0) is 0 Å². The quantitative estimate of drug-likeness (QED) is 0.808. The van der Waals surface area contributed by atoms with Gasteiger partial charge in [-0.1, -0.05) is 18.0 Å². The van der Waals surface area contributed by atoms with Crippen molar-refractivity contribution in [2.24, 2.45) is 5.92 Å². The molecular formula is C14H20N2O2. The molecule has 4 nitrogen and oxygen atoms in total. The van der Waals surface area contributed by atoms with Crippen LogP contribution in [0.15, 0.2) is 10.6 Å². The Kier molecular flexibility index (Phi) is 3.10. The molecule has 1 amide bonds. The summed E-state index contributed by atoms with van der Waals surface area (Å²) in [5, 5.41) is 3.86. The molecule has 2 heterocycles. The van der Waals surface area contributed by atoms with Gasteiger partial charge in [-0.2, -0.15) is 0 Å². The van der Waals surface area contributed by atoms with E-state index >= 15 is 0 Å². The Hall–Kier alpha value is -1.32. The van der Waals surface area contributed by atoms with Crippen molar-refractivity contribution >= 4 is 5.91 Å². The molecule has 1 aliphatic carbocycles. The van der Waals surface area contributed by atoms with Crippen LogP contribution in [-0.4, -0.2) is 28.6 Å². The van der Waals surface area contributed by atoms with Gasteiger partial charge in [0, 0.05) is 18.7 Å². The monoisotopic (exact) mass is 248 g/mol. The van der Waals surface area contributed by atoms with E-state index < -0.39 is 0 Å². The highest BCUT2D eigenvalue weighted by Gasteiger charge is 2.36. The minimum atomic E-state index is 0.0567. The van der Waals surface area contributed by atoms with E-state index in [9.17, 15) is 4.79 Å². The first-order chi connectivity index (χ1) is 8.75. The topological polar surface area (TPSA) is 46.3 Å². The lowest BCUT2D eigenvalue weighted by molar-refractivity contribution is 0.0678. The minimum Gasteiger partial charge on any atom is -0.361 e. The van der Waals surface area contributed by atoms with Crippen LogP contribution in [0.3, 0.4) is 0 Å². The van der Waals surface area contributed by atoms with Crippen molar-refractivity contribution in [3.05, 3.63) is 17.5 Å². The Morgan fingerprint density at radius 1 is 1.33 bits per heavy atom. The van der Waals surface area contributed by atoms with Crippen LogP contribution < -0.4 is 0 Å². The molecule has 0 radical (unpaired) electrons. The van der Waals surface area contributed by atoms with Gasteiger partial charge in [0.15, 0.2) is 5.69 Å². The Balaban J connectivity index is 1.75. The van der Waals surface area contributed by atoms with E-state index in [1.54, 1.807) is 6.07 Å². The highest BCUT2D eigenvalue weighted by molar-refractivity contribution is 5.92. The molecular weight excluding hydrogens is 228 g/mol. The second-order valence-electron chi connectivity index (χ2n) is 5.58. The predicted octanol–water partition coefficient (Wildman–Crippen LogP) is 2.78. The van der Waals surface area contributed by atoms with E-state index in [-0.39, 0.29) is 5.91 Å². The number of rotatable bonds is 2. The summed E-state index contributed by atoms with van der Waals surface area (Å²) >= 11 is 0. The molecule has 1 saturated carbocycles. The van der Waals surface area contributed by atoms with Gasteiger partial charge in [-0.25, -0.2) is 0 Å². The van der Waals surface area contributed by atoms with Gasteiger partial charge in [-0.05, 0) is 38.5 Å². The number of carbonyl (C=O) groups is 1. The molecule has 1 aromatic rings. The second kappa shape index (κ2) is 4.75. The standard InChI is InChI=1S/C14H20N2O2/c1-10-9-12(15-18-10)14(17)16-8-4-7-13(16)11-5-2-3-6-11/h9,11,13H,2-8H2,1H3. The minimum absolute atomic E-state index is 0.0567. The molecule has 2 fully saturated rings. The lowest BCUT2D eigenvalue weighted by Crippen LogP contribution is -2.39. The molecule has 0 N–H and O–H groups in total. The third-order valence-electron chi connectivity index (χ3n) is 4.35. The lowest BCUT2D eigenvalue weighted by Gasteiger charge is -2.28. The Morgan fingerprint density at radius 3 is 2.78 bits per heavy atom. The maximum atomic E-state index is 12.4. The fraction of sp³-hybridized carbons (Fsp3) is 0.714. The van der Waals surface area contributed by atoms with Gasteiger partial charge >= 0.3 is 0 Å². The molecule has 3 rings (SSSR count). The maximum Gasteiger partial charge on any atom is 0.276 e. The van der Waals surface area contributed by atoms with Gasteiger partial charge in [-0.3, -0.25) is 4.79 Å². The van der Waals surface area contributed by atoms with Gasteiger partial charge in [0.25, 0.3) is 5.91 Å². The third-order valence-corrected chi connectivity index (χ3v) is 4.35. The van der Waals surface area contributed by atoms with Crippen molar-refractivity contribution < 1.29 is 9.32 Å². The van der Waals surface area contributed by atoms with E-state index in [4.69, 9.17) is 4.52 Å². The normalized spacial score (nSPS) is 24.9. The van der Waals surface area contributed by atoms with E-state index in [1.807, 2.05) is 11.8 Å². The summed E-state index contributed by atoms with van der Waals surface area (Å²) in [5.74, 6) is 1.47. The van der Waals surface area contributed by atoms with Gasteiger partial charge in [-0.15, -0.1) is 0 Å². The number of hydrogen-bond acceptors (Lipinski definition) is 3. The van der Waals surface area contributed by atoms with E-state index in [0.717, 1.165) is 19.4 Å². The maximum absolute atomic E-state index is 12.4. The number of amides is 1. The molecule has 0 spiro atoms. The summed E-state index contributed by atoms with van der Waals surface area (Å²) in [6.45, 7) is 2.70. The average Bonchev–Trinajstić information content (AvgIpc) is 3.08. The van der Waals surface area contributed by atoms with Gasteiger partial charge in [0.1, 0.15) is 5.76 Å². The number of hydrogen-bond donors (Lipinski definition) is 0. The SMILES string of the molecule is Cc1cc(C(=O)N2CCCC2C2CCCC2)no1. The molecule has 4 heteroatoms. The molecule has 18 heavy (non-hydrogen) atoms. The zero-order chi connectivity index (χ0) is 12.5. The fourth-order valence-electron chi connectivity index (χ4n) is 3.49. The molecule has 2 aliphatic rings. The number of carbonyl (C=O) groups excluding carboxylic acids is 1. The van der Waals surface area contributed by atoms with Crippen LogP contribution in [0.4, 0.5) is 0 Å². The summed E-state index contributed by atoms with van der Waals surface area (Å²) in [7, 11) is 0. The Morgan fingerprint density at radius 2 is 2.11 bits per heavy atom. The Labute approximate surface area is 107 Å². The highest BCUT2D eigenvalue weighted by atomic mass is 16.5. The average molecular weight is 248 g/mol. The molecule has 1 aromatic heterocycles. The van der Waals surface area contributed by atoms with Gasteiger partial charge < -0.3 is 9.42 Å². The summed E-state index contributed by atoms with van der Waals surface area (Å²) < 4.78 is 5.01. The van der Waals surface area contributed by atoms with Crippen LogP contribution in [0.25, 0.3) is 0 Å². The Bertz CT molecular complexity index is 435. The molecule has 0 bridgehead atoms. The predicted molar refractivity (Wildman–Crippen MR) is 67.3 cm³/mol. The first-order valence-corrected chi connectivity index (χ1v) is 7.00. The van der Waals surface area contributed by atoms with E-state index in [0.29, 0.717) is 23.4 Å². The van der Waals surface area contributed by atoms with Crippen molar-refractivity contribution in [1.29, 1.82) is 0 Å². The van der Waals surface area contributed by atoms with Crippen molar-refractivity contribution in [3.63, 3.8) is 0 Å². The summed E-state index contributed by atoms with van der Waals surface area (Å²) in [6.07, 6.45) is 7.51. The molecule has 1 saturated heterocycles.